The molecule has 1 amide bonds. The molecule has 2 rings (SSSR count). The van der Waals surface area contributed by atoms with Gasteiger partial charge in [-0.05, 0) is 24.3 Å². The number of alkyl halides is 2. The Morgan fingerprint density at radius 3 is 2.60 bits per heavy atom. The number of aromatic amines is 1. The van der Waals surface area contributed by atoms with E-state index in [-0.39, 0.29) is 23.3 Å². The number of rotatable bonds is 5. The first-order valence-electron chi connectivity index (χ1n) is 5.41. The molecule has 9 heteroatoms. The second kappa shape index (κ2) is 5.95. The molecule has 0 aliphatic rings. The summed E-state index contributed by atoms with van der Waals surface area (Å²) in [7, 11) is 1.39. The molecule has 0 spiro atoms. The van der Waals surface area contributed by atoms with E-state index in [1.807, 2.05) is 0 Å². The summed E-state index contributed by atoms with van der Waals surface area (Å²) in [6.45, 7) is -2.91. The average molecular weight is 284 g/mol. The standard InChI is InChI=1S/C11H10F2N4O3/c1-19-11-15-10(16-17-11)14-8(18)6-2-4-7(5-3-6)20-9(12)13/h2-5,9H,1H3,(H2,14,15,16,17,18). The zero-order valence-electron chi connectivity index (χ0n) is 10.3. The zero-order valence-corrected chi connectivity index (χ0v) is 10.3. The van der Waals surface area contributed by atoms with Crippen LogP contribution in [0, 0.1) is 0 Å². The van der Waals surface area contributed by atoms with Crippen molar-refractivity contribution in [2.75, 3.05) is 12.4 Å². The minimum atomic E-state index is -2.91. The Balaban J connectivity index is 2.01. The highest BCUT2D eigenvalue weighted by atomic mass is 19.3. The summed E-state index contributed by atoms with van der Waals surface area (Å²) in [4.78, 5) is 15.6. The van der Waals surface area contributed by atoms with Crippen LogP contribution in [0.4, 0.5) is 14.7 Å². The first kappa shape index (κ1) is 13.7. The van der Waals surface area contributed by atoms with Crippen LogP contribution in [0.2, 0.25) is 0 Å². The summed E-state index contributed by atoms with van der Waals surface area (Å²) in [6.07, 6.45) is 0. The molecule has 0 bridgehead atoms. The number of aromatic nitrogens is 3. The quantitative estimate of drug-likeness (QED) is 0.871. The number of hydrogen-bond acceptors (Lipinski definition) is 5. The summed E-state index contributed by atoms with van der Waals surface area (Å²) in [6, 6.07) is 5.31. The topological polar surface area (TPSA) is 89.1 Å². The van der Waals surface area contributed by atoms with Gasteiger partial charge in [-0.2, -0.15) is 13.8 Å². The van der Waals surface area contributed by atoms with Crippen molar-refractivity contribution in [1.29, 1.82) is 0 Å². The van der Waals surface area contributed by atoms with Gasteiger partial charge in [-0.25, -0.2) is 5.10 Å². The third-order valence-electron chi connectivity index (χ3n) is 2.22. The largest absolute Gasteiger partial charge is 0.466 e. The summed E-state index contributed by atoms with van der Waals surface area (Å²) >= 11 is 0. The first-order valence-corrected chi connectivity index (χ1v) is 5.41. The van der Waals surface area contributed by atoms with E-state index in [9.17, 15) is 13.6 Å². The van der Waals surface area contributed by atoms with E-state index in [2.05, 4.69) is 25.2 Å². The Kier molecular flexibility index (Phi) is 4.08. The van der Waals surface area contributed by atoms with Gasteiger partial charge in [0.1, 0.15) is 5.75 Å². The maximum atomic E-state index is 12.0. The lowest BCUT2D eigenvalue weighted by Crippen LogP contribution is -2.13. The number of carbonyl (C=O) groups excluding carboxylic acids is 1. The van der Waals surface area contributed by atoms with Gasteiger partial charge < -0.3 is 9.47 Å². The molecule has 0 radical (unpaired) electrons. The van der Waals surface area contributed by atoms with Crippen molar-refractivity contribution in [3.8, 4) is 11.8 Å². The maximum Gasteiger partial charge on any atom is 0.387 e. The Labute approximate surface area is 111 Å². The molecule has 1 aromatic heterocycles. The molecule has 7 nitrogen and oxygen atoms in total. The van der Waals surface area contributed by atoms with Gasteiger partial charge in [-0.3, -0.25) is 10.1 Å². The smallest absolute Gasteiger partial charge is 0.387 e. The van der Waals surface area contributed by atoms with Gasteiger partial charge in [0, 0.05) is 5.56 Å². The average Bonchev–Trinajstić information content (AvgIpc) is 2.86. The maximum absolute atomic E-state index is 12.0. The fourth-order valence-corrected chi connectivity index (χ4v) is 1.36. The van der Waals surface area contributed by atoms with Crippen LogP contribution in [-0.4, -0.2) is 34.8 Å². The van der Waals surface area contributed by atoms with Crippen molar-refractivity contribution >= 4 is 11.9 Å². The van der Waals surface area contributed by atoms with Gasteiger partial charge in [-0.15, -0.1) is 5.10 Å². The molecular formula is C11H10F2N4O3. The predicted octanol–water partition coefficient (Wildman–Crippen LogP) is 1.67. The van der Waals surface area contributed by atoms with E-state index < -0.39 is 12.5 Å². The van der Waals surface area contributed by atoms with Gasteiger partial charge in [-0.1, -0.05) is 0 Å². The van der Waals surface area contributed by atoms with Crippen molar-refractivity contribution in [2.45, 2.75) is 6.61 Å². The molecule has 20 heavy (non-hydrogen) atoms. The number of H-pyrrole nitrogens is 1. The Morgan fingerprint density at radius 1 is 1.35 bits per heavy atom. The molecule has 0 aliphatic heterocycles. The molecule has 0 atom stereocenters. The fourth-order valence-electron chi connectivity index (χ4n) is 1.36. The number of halogens is 2. The zero-order chi connectivity index (χ0) is 14.5. The Hall–Kier alpha value is -2.71. The molecule has 0 saturated carbocycles. The minimum Gasteiger partial charge on any atom is -0.466 e. The summed E-state index contributed by atoms with van der Waals surface area (Å²) < 4.78 is 32.9. The number of anilines is 1. The minimum absolute atomic E-state index is 0.0297. The van der Waals surface area contributed by atoms with Crippen molar-refractivity contribution in [1.82, 2.24) is 15.2 Å². The molecule has 106 valence electrons. The fraction of sp³-hybridized carbons (Fsp3) is 0.182. The van der Waals surface area contributed by atoms with Crippen LogP contribution in [0.15, 0.2) is 24.3 Å². The summed E-state index contributed by atoms with van der Waals surface area (Å²) in [5.41, 5.74) is 0.252. The van der Waals surface area contributed by atoms with Gasteiger partial charge >= 0.3 is 12.6 Å². The lowest BCUT2D eigenvalue weighted by atomic mass is 10.2. The van der Waals surface area contributed by atoms with Gasteiger partial charge in [0.15, 0.2) is 0 Å². The Bertz CT molecular complexity index is 586. The lowest BCUT2D eigenvalue weighted by molar-refractivity contribution is -0.0498. The van der Waals surface area contributed by atoms with E-state index in [1.165, 1.54) is 31.4 Å². The van der Waals surface area contributed by atoms with Gasteiger partial charge in [0.2, 0.25) is 5.95 Å². The summed E-state index contributed by atoms with van der Waals surface area (Å²) in [5, 5.41) is 8.54. The number of carbonyl (C=O) groups is 1. The number of ether oxygens (including phenoxy) is 2. The second-order valence-electron chi connectivity index (χ2n) is 3.53. The van der Waals surface area contributed by atoms with E-state index in [4.69, 9.17) is 4.74 Å². The number of methoxy groups -OCH3 is 1. The lowest BCUT2D eigenvalue weighted by Gasteiger charge is -2.05. The number of nitrogens with one attached hydrogen (secondary N) is 2. The van der Waals surface area contributed by atoms with E-state index in [0.29, 0.717) is 0 Å². The van der Waals surface area contributed by atoms with Crippen molar-refractivity contribution in [3.63, 3.8) is 0 Å². The molecule has 0 fully saturated rings. The van der Waals surface area contributed by atoms with E-state index in [1.54, 1.807) is 0 Å². The molecule has 0 aliphatic carbocycles. The Morgan fingerprint density at radius 2 is 2.05 bits per heavy atom. The number of benzene rings is 1. The van der Waals surface area contributed by atoms with Crippen LogP contribution in [0.25, 0.3) is 0 Å². The molecular weight excluding hydrogens is 274 g/mol. The molecule has 0 saturated heterocycles. The van der Waals surface area contributed by atoms with Crippen molar-refractivity contribution < 1.29 is 23.0 Å². The number of nitrogens with zero attached hydrogens (tertiary/aromatic N) is 2. The number of amides is 1. The van der Waals surface area contributed by atoms with Crippen LogP contribution >= 0.6 is 0 Å². The molecule has 1 aromatic carbocycles. The highest BCUT2D eigenvalue weighted by Gasteiger charge is 2.10. The molecule has 1 heterocycles. The second-order valence-corrected chi connectivity index (χ2v) is 3.53. The van der Waals surface area contributed by atoms with Crippen LogP contribution < -0.4 is 14.8 Å². The van der Waals surface area contributed by atoms with E-state index in [0.717, 1.165) is 0 Å². The van der Waals surface area contributed by atoms with Crippen LogP contribution in [0.3, 0.4) is 0 Å². The molecule has 0 unspecified atom stereocenters. The van der Waals surface area contributed by atoms with Crippen molar-refractivity contribution in [3.05, 3.63) is 29.8 Å². The van der Waals surface area contributed by atoms with Crippen LogP contribution in [-0.2, 0) is 0 Å². The highest BCUT2D eigenvalue weighted by Crippen LogP contribution is 2.15. The van der Waals surface area contributed by atoms with Crippen molar-refractivity contribution in [2.24, 2.45) is 0 Å². The molecule has 2 N–H and O–H groups in total. The SMILES string of the molecule is COc1n[nH]c(NC(=O)c2ccc(OC(F)F)cc2)n1. The third-order valence-corrected chi connectivity index (χ3v) is 2.22. The predicted molar refractivity (Wildman–Crippen MR) is 64.0 cm³/mol. The highest BCUT2D eigenvalue weighted by molar-refractivity contribution is 6.03. The van der Waals surface area contributed by atoms with Gasteiger partial charge in [0.05, 0.1) is 7.11 Å². The van der Waals surface area contributed by atoms with Crippen LogP contribution in [0.1, 0.15) is 10.4 Å². The normalized spacial score (nSPS) is 10.4. The van der Waals surface area contributed by atoms with Crippen LogP contribution in [0.5, 0.6) is 11.8 Å². The number of hydrogen-bond donors (Lipinski definition) is 2. The van der Waals surface area contributed by atoms with E-state index >= 15 is 0 Å². The third kappa shape index (κ3) is 3.40. The summed E-state index contributed by atoms with van der Waals surface area (Å²) in [5.74, 6) is -0.398. The van der Waals surface area contributed by atoms with Gasteiger partial charge in [0.25, 0.3) is 5.91 Å². The monoisotopic (exact) mass is 284 g/mol. The first-order chi connectivity index (χ1) is 9.58. The molecule has 2 aromatic rings.